The molecule has 4 fully saturated rings. The first-order valence-electron chi connectivity index (χ1n) is 9.51. The Bertz CT molecular complexity index is 792. The van der Waals surface area contributed by atoms with Crippen molar-refractivity contribution in [1.29, 1.82) is 0 Å². The standard InChI is InChI=1S/C20H24FN3O/c21-16-1-2-18-23-17(12-24(18)11-16)3-4-22-19(25)20-8-13-5-14(9-20)7-15(6-13)10-20/h1-2,11-15H,3-10H2,(H,22,25). The summed E-state index contributed by atoms with van der Waals surface area (Å²) in [7, 11) is 0. The Kier molecular flexibility index (Phi) is 3.41. The molecule has 0 spiro atoms. The summed E-state index contributed by atoms with van der Waals surface area (Å²) in [6, 6.07) is 3.09. The number of aromatic nitrogens is 2. The number of carbonyl (C=O) groups excluding carboxylic acids is 1. The summed E-state index contributed by atoms with van der Waals surface area (Å²) < 4.78 is 15.0. The molecular weight excluding hydrogens is 317 g/mol. The Morgan fingerprint density at radius 2 is 1.84 bits per heavy atom. The lowest BCUT2D eigenvalue weighted by Gasteiger charge is -2.55. The van der Waals surface area contributed by atoms with E-state index < -0.39 is 0 Å². The second-order valence-electron chi connectivity index (χ2n) is 8.55. The number of amides is 1. The third kappa shape index (κ3) is 2.64. The summed E-state index contributed by atoms with van der Waals surface area (Å²) >= 11 is 0. The van der Waals surface area contributed by atoms with Crippen molar-refractivity contribution in [2.24, 2.45) is 23.2 Å². The Morgan fingerprint density at radius 1 is 1.16 bits per heavy atom. The van der Waals surface area contributed by atoms with Crippen LogP contribution in [0.4, 0.5) is 4.39 Å². The minimum atomic E-state index is -0.272. The molecule has 0 atom stereocenters. The Hall–Kier alpha value is -1.91. The molecule has 1 amide bonds. The SMILES string of the molecule is O=C(NCCc1cn2cc(F)ccc2n1)C12CC3CC(CC(C3)C1)C2. The zero-order valence-electron chi connectivity index (χ0n) is 14.4. The second kappa shape index (κ2) is 5.55. The highest BCUT2D eigenvalue weighted by Gasteiger charge is 2.54. The summed E-state index contributed by atoms with van der Waals surface area (Å²) in [6.45, 7) is 0.604. The smallest absolute Gasteiger partial charge is 0.226 e. The van der Waals surface area contributed by atoms with Crippen molar-refractivity contribution in [1.82, 2.24) is 14.7 Å². The van der Waals surface area contributed by atoms with Crippen LogP contribution in [-0.2, 0) is 11.2 Å². The van der Waals surface area contributed by atoms with Gasteiger partial charge in [-0.1, -0.05) is 0 Å². The van der Waals surface area contributed by atoms with Gasteiger partial charge in [0.2, 0.25) is 5.91 Å². The molecule has 0 aromatic carbocycles. The number of hydrogen-bond donors (Lipinski definition) is 1. The van der Waals surface area contributed by atoms with Crippen LogP contribution in [0.1, 0.15) is 44.2 Å². The Morgan fingerprint density at radius 3 is 2.52 bits per heavy atom. The first-order valence-corrected chi connectivity index (χ1v) is 9.51. The molecule has 2 aromatic heterocycles. The molecule has 4 bridgehead atoms. The van der Waals surface area contributed by atoms with E-state index in [0.717, 1.165) is 48.4 Å². The van der Waals surface area contributed by atoms with Gasteiger partial charge in [0.15, 0.2) is 0 Å². The van der Waals surface area contributed by atoms with Crippen LogP contribution in [0, 0.1) is 29.0 Å². The average molecular weight is 341 g/mol. The van der Waals surface area contributed by atoms with Crippen molar-refractivity contribution in [3.8, 4) is 0 Å². The van der Waals surface area contributed by atoms with E-state index >= 15 is 0 Å². The van der Waals surface area contributed by atoms with Crippen LogP contribution < -0.4 is 5.32 Å². The van der Waals surface area contributed by atoms with Gasteiger partial charge >= 0.3 is 0 Å². The lowest BCUT2D eigenvalue weighted by molar-refractivity contribution is -0.146. The van der Waals surface area contributed by atoms with Crippen LogP contribution in [0.3, 0.4) is 0 Å². The number of nitrogens with one attached hydrogen (secondary N) is 1. The molecule has 132 valence electrons. The largest absolute Gasteiger partial charge is 0.355 e. The number of fused-ring (bicyclic) bond motifs is 1. The Labute approximate surface area is 146 Å². The lowest BCUT2D eigenvalue weighted by atomic mass is 9.49. The molecule has 4 aliphatic rings. The molecule has 4 nitrogen and oxygen atoms in total. The maximum absolute atomic E-state index is 13.3. The second-order valence-corrected chi connectivity index (χ2v) is 8.55. The highest BCUT2D eigenvalue weighted by molar-refractivity contribution is 5.83. The van der Waals surface area contributed by atoms with Gasteiger partial charge in [-0.15, -0.1) is 0 Å². The number of carbonyl (C=O) groups is 1. The molecule has 4 saturated carbocycles. The summed E-state index contributed by atoms with van der Waals surface area (Å²) in [5.74, 6) is 2.34. The van der Waals surface area contributed by atoms with E-state index in [-0.39, 0.29) is 17.1 Å². The molecule has 1 N–H and O–H groups in total. The van der Waals surface area contributed by atoms with Gasteiger partial charge in [-0.2, -0.15) is 0 Å². The number of pyridine rings is 1. The molecule has 0 aliphatic heterocycles. The number of hydrogen-bond acceptors (Lipinski definition) is 2. The van der Waals surface area contributed by atoms with E-state index in [0.29, 0.717) is 13.0 Å². The van der Waals surface area contributed by atoms with Gasteiger partial charge in [0.05, 0.1) is 5.69 Å². The fourth-order valence-corrected chi connectivity index (χ4v) is 6.02. The van der Waals surface area contributed by atoms with E-state index in [9.17, 15) is 9.18 Å². The van der Waals surface area contributed by atoms with Crippen molar-refractivity contribution < 1.29 is 9.18 Å². The maximum Gasteiger partial charge on any atom is 0.226 e. The van der Waals surface area contributed by atoms with Crippen LogP contribution in [0.25, 0.3) is 5.65 Å². The average Bonchev–Trinajstić information content (AvgIpc) is 2.95. The molecule has 25 heavy (non-hydrogen) atoms. The van der Waals surface area contributed by atoms with Crippen LogP contribution in [0.2, 0.25) is 0 Å². The predicted molar refractivity (Wildman–Crippen MR) is 92.5 cm³/mol. The molecule has 0 unspecified atom stereocenters. The predicted octanol–water partition coefficient (Wildman–Crippen LogP) is 3.35. The van der Waals surface area contributed by atoms with Gasteiger partial charge in [0.1, 0.15) is 11.5 Å². The van der Waals surface area contributed by atoms with Crippen molar-refractivity contribution in [2.75, 3.05) is 6.54 Å². The summed E-state index contributed by atoms with van der Waals surface area (Å²) in [5, 5.41) is 3.18. The van der Waals surface area contributed by atoms with Crippen molar-refractivity contribution in [3.63, 3.8) is 0 Å². The third-order valence-corrected chi connectivity index (χ3v) is 6.65. The monoisotopic (exact) mass is 341 g/mol. The number of halogens is 1. The fraction of sp³-hybridized carbons (Fsp3) is 0.600. The summed E-state index contributed by atoms with van der Waals surface area (Å²) in [4.78, 5) is 17.4. The lowest BCUT2D eigenvalue weighted by Crippen LogP contribution is -2.53. The van der Waals surface area contributed by atoms with E-state index in [4.69, 9.17) is 0 Å². The first-order chi connectivity index (χ1) is 12.1. The van der Waals surface area contributed by atoms with E-state index in [1.54, 1.807) is 10.5 Å². The number of imidazole rings is 1. The molecule has 4 aliphatic carbocycles. The zero-order chi connectivity index (χ0) is 17.0. The topological polar surface area (TPSA) is 46.4 Å². The van der Waals surface area contributed by atoms with Gasteiger partial charge in [-0.25, -0.2) is 9.37 Å². The number of rotatable bonds is 4. The maximum atomic E-state index is 13.3. The normalized spacial score (nSPS) is 33.1. The van der Waals surface area contributed by atoms with E-state index in [1.165, 1.54) is 31.5 Å². The molecule has 2 aromatic rings. The molecular formula is C20H24FN3O. The highest BCUT2D eigenvalue weighted by atomic mass is 19.1. The summed E-state index contributed by atoms with van der Waals surface area (Å²) in [6.07, 6.45) is 11.3. The minimum absolute atomic E-state index is 0.0865. The molecule has 6 rings (SSSR count). The summed E-state index contributed by atoms with van der Waals surface area (Å²) in [5.41, 5.74) is 1.54. The highest BCUT2D eigenvalue weighted by Crippen LogP contribution is 2.60. The van der Waals surface area contributed by atoms with Gasteiger partial charge in [0.25, 0.3) is 0 Å². The molecule has 0 saturated heterocycles. The third-order valence-electron chi connectivity index (χ3n) is 6.65. The van der Waals surface area contributed by atoms with Crippen molar-refractivity contribution >= 4 is 11.6 Å². The van der Waals surface area contributed by atoms with Crippen LogP contribution >= 0.6 is 0 Å². The van der Waals surface area contributed by atoms with Gasteiger partial charge in [-0.05, 0) is 68.4 Å². The first kappa shape index (κ1) is 15.4. The van der Waals surface area contributed by atoms with Crippen LogP contribution in [0.5, 0.6) is 0 Å². The van der Waals surface area contributed by atoms with Crippen molar-refractivity contribution in [3.05, 3.63) is 36.0 Å². The quantitative estimate of drug-likeness (QED) is 0.927. The van der Waals surface area contributed by atoms with E-state index in [2.05, 4.69) is 10.3 Å². The zero-order valence-corrected chi connectivity index (χ0v) is 14.4. The van der Waals surface area contributed by atoms with Crippen LogP contribution in [-0.4, -0.2) is 21.8 Å². The fourth-order valence-electron chi connectivity index (χ4n) is 6.02. The van der Waals surface area contributed by atoms with Gasteiger partial charge < -0.3 is 9.72 Å². The molecule has 2 heterocycles. The molecule has 5 heteroatoms. The van der Waals surface area contributed by atoms with Gasteiger partial charge in [-0.3, -0.25) is 4.79 Å². The molecule has 0 radical (unpaired) electrons. The van der Waals surface area contributed by atoms with E-state index in [1.807, 2.05) is 6.20 Å². The van der Waals surface area contributed by atoms with Crippen LogP contribution in [0.15, 0.2) is 24.5 Å². The minimum Gasteiger partial charge on any atom is -0.355 e. The van der Waals surface area contributed by atoms with Gasteiger partial charge in [0, 0.05) is 30.8 Å². The van der Waals surface area contributed by atoms with Crippen molar-refractivity contribution in [2.45, 2.75) is 44.9 Å². The number of nitrogens with zero attached hydrogens (tertiary/aromatic N) is 2. The Balaban J connectivity index is 1.23.